The maximum Gasteiger partial charge on any atom is 0.272 e. The first-order valence-corrected chi connectivity index (χ1v) is 6.45. The molecular weight excluding hydrogens is 312 g/mol. The Balaban J connectivity index is 1.81. The van der Waals surface area contributed by atoms with E-state index in [0.29, 0.717) is 22.9 Å². The lowest BCUT2D eigenvalue weighted by atomic mass is 10.2. The zero-order valence-electron chi connectivity index (χ0n) is 10.1. The smallest absolute Gasteiger partial charge is 0.272 e. The van der Waals surface area contributed by atoms with Crippen molar-refractivity contribution >= 4 is 27.5 Å². The van der Waals surface area contributed by atoms with Crippen molar-refractivity contribution < 1.29 is 14.3 Å². The van der Waals surface area contributed by atoms with Gasteiger partial charge in [-0.1, -0.05) is 0 Å². The number of ether oxygens (including phenoxy) is 2. The maximum atomic E-state index is 12.1. The minimum absolute atomic E-state index is 0.174. The third-order valence-electron chi connectivity index (χ3n) is 2.83. The Morgan fingerprint density at radius 3 is 2.84 bits per heavy atom. The highest BCUT2D eigenvalue weighted by atomic mass is 79.9. The van der Waals surface area contributed by atoms with E-state index >= 15 is 0 Å². The molecule has 2 aromatic rings. The average molecular weight is 323 g/mol. The Morgan fingerprint density at radius 1 is 1.32 bits per heavy atom. The van der Waals surface area contributed by atoms with Crippen LogP contribution < -0.4 is 14.8 Å². The van der Waals surface area contributed by atoms with Crippen molar-refractivity contribution in [2.45, 2.75) is 0 Å². The topological polar surface area (TPSA) is 52.5 Å². The SMILES string of the molecule is Cn1cc(Br)cc1C(=O)Nc1ccc2c(c1)OCO2. The number of carbonyl (C=O) groups is 1. The number of carbonyl (C=O) groups excluding carboxylic acids is 1. The summed E-state index contributed by atoms with van der Waals surface area (Å²) in [5, 5.41) is 2.83. The van der Waals surface area contributed by atoms with E-state index in [9.17, 15) is 4.79 Å². The van der Waals surface area contributed by atoms with Crippen LogP contribution in [0.15, 0.2) is 34.9 Å². The summed E-state index contributed by atoms with van der Waals surface area (Å²) in [7, 11) is 1.82. The molecule has 0 bridgehead atoms. The molecule has 1 aromatic carbocycles. The first-order valence-electron chi connectivity index (χ1n) is 5.66. The highest BCUT2D eigenvalue weighted by molar-refractivity contribution is 9.10. The molecule has 1 aliphatic rings. The van der Waals surface area contributed by atoms with E-state index in [0.717, 1.165) is 4.47 Å². The summed E-state index contributed by atoms with van der Waals surface area (Å²) in [6, 6.07) is 7.07. The minimum Gasteiger partial charge on any atom is -0.454 e. The quantitative estimate of drug-likeness (QED) is 0.925. The molecule has 6 heteroatoms. The third kappa shape index (κ3) is 2.31. The van der Waals surface area contributed by atoms with Gasteiger partial charge in [0.2, 0.25) is 6.79 Å². The van der Waals surface area contributed by atoms with Crippen LogP contribution in [-0.2, 0) is 7.05 Å². The van der Waals surface area contributed by atoms with Gasteiger partial charge in [0.25, 0.3) is 5.91 Å². The Hall–Kier alpha value is -1.95. The number of nitrogens with zero attached hydrogens (tertiary/aromatic N) is 1. The molecule has 0 saturated heterocycles. The van der Waals surface area contributed by atoms with E-state index in [2.05, 4.69) is 21.2 Å². The maximum absolute atomic E-state index is 12.1. The first kappa shape index (κ1) is 12.1. The molecule has 0 atom stereocenters. The number of hydrogen-bond donors (Lipinski definition) is 1. The van der Waals surface area contributed by atoms with Crippen LogP contribution >= 0.6 is 15.9 Å². The molecule has 98 valence electrons. The lowest BCUT2D eigenvalue weighted by Gasteiger charge is -2.06. The second-order valence-electron chi connectivity index (χ2n) is 4.18. The predicted octanol–water partition coefficient (Wildman–Crippen LogP) is 2.77. The van der Waals surface area contributed by atoms with Gasteiger partial charge in [-0.15, -0.1) is 0 Å². The van der Waals surface area contributed by atoms with E-state index in [1.807, 2.05) is 13.2 Å². The van der Waals surface area contributed by atoms with Crippen molar-refractivity contribution in [1.82, 2.24) is 4.57 Å². The zero-order valence-corrected chi connectivity index (χ0v) is 11.7. The van der Waals surface area contributed by atoms with Crippen molar-refractivity contribution in [3.8, 4) is 11.5 Å². The number of rotatable bonds is 2. The van der Waals surface area contributed by atoms with E-state index in [1.165, 1.54) is 0 Å². The number of aryl methyl sites for hydroxylation is 1. The van der Waals surface area contributed by atoms with Gasteiger partial charge in [0, 0.05) is 29.5 Å². The molecule has 1 amide bonds. The molecule has 5 nitrogen and oxygen atoms in total. The molecule has 0 radical (unpaired) electrons. The minimum atomic E-state index is -0.174. The lowest BCUT2D eigenvalue weighted by Crippen LogP contribution is -2.15. The highest BCUT2D eigenvalue weighted by Gasteiger charge is 2.16. The summed E-state index contributed by atoms with van der Waals surface area (Å²) in [6.45, 7) is 0.220. The number of fused-ring (bicyclic) bond motifs is 1. The van der Waals surface area contributed by atoms with E-state index in [-0.39, 0.29) is 12.7 Å². The molecule has 1 N–H and O–H groups in total. The number of benzene rings is 1. The molecule has 0 saturated carbocycles. The molecule has 0 unspecified atom stereocenters. The number of amides is 1. The van der Waals surface area contributed by atoms with Crippen LogP contribution in [0.25, 0.3) is 0 Å². The van der Waals surface area contributed by atoms with Crippen LogP contribution in [0.2, 0.25) is 0 Å². The predicted molar refractivity (Wildman–Crippen MR) is 73.6 cm³/mol. The van der Waals surface area contributed by atoms with Crippen LogP contribution in [-0.4, -0.2) is 17.3 Å². The Bertz CT molecular complexity index is 651. The Morgan fingerprint density at radius 2 is 2.11 bits per heavy atom. The van der Waals surface area contributed by atoms with E-state index in [4.69, 9.17) is 9.47 Å². The molecule has 0 spiro atoms. The number of nitrogens with one attached hydrogen (secondary N) is 1. The second kappa shape index (κ2) is 4.62. The molecular formula is C13H11BrN2O3. The van der Waals surface area contributed by atoms with Crippen molar-refractivity contribution in [3.63, 3.8) is 0 Å². The molecule has 0 fully saturated rings. The van der Waals surface area contributed by atoms with Gasteiger partial charge in [-0.25, -0.2) is 0 Å². The largest absolute Gasteiger partial charge is 0.454 e. The summed E-state index contributed by atoms with van der Waals surface area (Å²) in [5.74, 6) is 1.16. The fourth-order valence-corrected chi connectivity index (χ4v) is 2.44. The molecule has 3 rings (SSSR count). The van der Waals surface area contributed by atoms with Gasteiger partial charge in [-0.3, -0.25) is 4.79 Å². The van der Waals surface area contributed by atoms with Crippen LogP contribution in [0.5, 0.6) is 11.5 Å². The summed E-state index contributed by atoms with van der Waals surface area (Å²) in [4.78, 5) is 12.1. The molecule has 2 heterocycles. The Labute approximate surface area is 118 Å². The average Bonchev–Trinajstić information content (AvgIpc) is 2.94. The fraction of sp³-hybridized carbons (Fsp3) is 0.154. The van der Waals surface area contributed by atoms with Gasteiger partial charge < -0.3 is 19.4 Å². The molecule has 1 aliphatic heterocycles. The van der Waals surface area contributed by atoms with Gasteiger partial charge in [0.05, 0.1) is 0 Å². The molecule has 0 aliphatic carbocycles. The highest BCUT2D eigenvalue weighted by Crippen LogP contribution is 2.34. The van der Waals surface area contributed by atoms with E-state index in [1.54, 1.807) is 28.8 Å². The Kier molecular flexibility index (Phi) is 2.94. The van der Waals surface area contributed by atoms with Gasteiger partial charge in [0.15, 0.2) is 11.5 Å². The molecule has 19 heavy (non-hydrogen) atoms. The van der Waals surface area contributed by atoms with Gasteiger partial charge in [-0.2, -0.15) is 0 Å². The van der Waals surface area contributed by atoms with Gasteiger partial charge >= 0.3 is 0 Å². The zero-order chi connectivity index (χ0) is 13.4. The number of halogens is 1. The summed E-state index contributed by atoms with van der Waals surface area (Å²) >= 11 is 3.34. The third-order valence-corrected chi connectivity index (χ3v) is 3.27. The van der Waals surface area contributed by atoms with Gasteiger partial charge in [0.1, 0.15) is 5.69 Å². The van der Waals surface area contributed by atoms with Crippen LogP contribution in [0, 0.1) is 0 Å². The number of aromatic nitrogens is 1. The number of anilines is 1. The summed E-state index contributed by atoms with van der Waals surface area (Å²) in [5.41, 5.74) is 1.25. The van der Waals surface area contributed by atoms with Crippen molar-refractivity contribution in [2.24, 2.45) is 7.05 Å². The molecule has 1 aromatic heterocycles. The van der Waals surface area contributed by atoms with E-state index < -0.39 is 0 Å². The second-order valence-corrected chi connectivity index (χ2v) is 5.09. The number of hydrogen-bond acceptors (Lipinski definition) is 3. The van der Waals surface area contributed by atoms with Crippen molar-refractivity contribution in [3.05, 3.63) is 40.6 Å². The van der Waals surface area contributed by atoms with Crippen molar-refractivity contribution in [1.29, 1.82) is 0 Å². The fourth-order valence-electron chi connectivity index (χ4n) is 1.92. The summed E-state index contributed by atoms with van der Waals surface area (Å²) < 4.78 is 13.1. The normalized spacial score (nSPS) is 12.5. The first-order chi connectivity index (χ1) is 9.13. The van der Waals surface area contributed by atoms with Crippen LogP contribution in [0.1, 0.15) is 10.5 Å². The van der Waals surface area contributed by atoms with Crippen LogP contribution in [0.4, 0.5) is 5.69 Å². The van der Waals surface area contributed by atoms with Crippen molar-refractivity contribution in [2.75, 3.05) is 12.1 Å². The van der Waals surface area contributed by atoms with Gasteiger partial charge in [-0.05, 0) is 34.1 Å². The standard InChI is InChI=1S/C13H11BrN2O3/c1-16-6-8(14)4-10(16)13(17)15-9-2-3-11-12(5-9)19-7-18-11/h2-6H,7H2,1H3,(H,15,17). The van der Waals surface area contributed by atoms with Crippen LogP contribution in [0.3, 0.4) is 0 Å². The lowest BCUT2D eigenvalue weighted by molar-refractivity contribution is 0.101. The summed E-state index contributed by atoms with van der Waals surface area (Å²) in [6.07, 6.45) is 1.83. The monoisotopic (exact) mass is 322 g/mol.